The molecule has 20 heavy (non-hydrogen) atoms. The van der Waals surface area contributed by atoms with Gasteiger partial charge in [0, 0.05) is 6.54 Å². The number of rotatable bonds is 6. The van der Waals surface area contributed by atoms with Crippen LogP contribution in [0.1, 0.15) is 37.7 Å². The highest BCUT2D eigenvalue weighted by Gasteiger charge is 2.25. The molecule has 0 spiro atoms. The molecule has 0 saturated carbocycles. The molecule has 1 aliphatic heterocycles. The quantitative estimate of drug-likeness (QED) is 0.864. The third kappa shape index (κ3) is 3.82. The number of nitrogens with one attached hydrogen (secondary N) is 1. The molecule has 0 aromatic heterocycles. The minimum Gasteiger partial charge on any atom is -0.303 e. The first kappa shape index (κ1) is 15.0. The van der Waals surface area contributed by atoms with Crippen molar-refractivity contribution in [2.24, 2.45) is 0 Å². The van der Waals surface area contributed by atoms with E-state index >= 15 is 0 Å². The highest BCUT2D eigenvalue weighted by Crippen LogP contribution is 2.27. The lowest BCUT2D eigenvalue weighted by Crippen LogP contribution is -2.38. The van der Waals surface area contributed by atoms with Crippen LogP contribution in [0, 0.1) is 11.3 Å². The molecule has 3 heteroatoms. The van der Waals surface area contributed by atoms with Gasteiger partial charge in [-0.1, -0.05) is 30.3 Å². The van der Waals surface area contributed by atoms with Gasteiger partial charge in [-0.15, -0.1) is 0 Å². The molecule has 1 heterocycles. The highest BCUT2D eigenvalue weighted by atomic mass is 15.1. The van der Waals surface area contributed by atoms with Crippen LogP contribution in [0.25, 0.3) is 0 Å². The van der Waals surface area contributed by atoms with Crippen molar-refractivity contribution < 1.29 is 0 Å². The van der Waals surface area contributed by atoms with Gasteiger partial charge in [0.25, 0.3) is 0 Å². The van der Waals surface area contributed by atoms with Gasteiger partial charge in [0.15, 0.2) is 0 Å². The number of hydrogen-bond donors (Lipinski definition) is 1. The number of nitrogens with zero attached hydrogens (tertiary/aromatic N) is 2. The number of hydrogen-bond acceptors (Lipinski definition) is 3. The summed E-state index contributed by atoms with van der Waals surface area (Å²) in [6.07, 6.45) is 3.24. The van der Waals surface area contributed by atoms with Gasteiger partial charge in [-0.3, -0.25) is 0 Å². The van der Waals surface area contributed by atoms with Gasteiger partial charge < -0.3 is 10.2 Å². The first-order valence-corrected chi connectivity index (χ1v) is 7.54. The topological polar surface area (TPSA) is 39.1 Å². The SMILES string of the molecule is CNC(C)(C#N)CCCN1CCC(c2ccccc2)C1. The van der Waals surface area contributed by atoms with Gasteiger partial charge in [-0.2, -0.15) is 5.26 Å². The molecule has 2 unspecified atom stereocenters. The van der Waals surface area contributed by atoms with Crippen LogP contribution in [0.5, 0.6) is 0 Å². The Morgan fingerprint density at radius 2 is 2.15 bits per heavy atom. The molecule has 1 aliphatic rings. The van der Waals surface area contributed by atoms with Crippen molar-refractivity contribution in [2.75, 3.05) is 26.7 Å². The molecule has 2 atom stereocenters. The smallest absolute Gasteiger partial charge is 0.103 e. The Balaban J connectivity index is 1.76. The van der Waals surface area contributed by atoms with E-state index in [1.165, 1.54) is 18.5 Å². The summed E-state index contributed by atoms with van der Waals surface area (Å²) in [6, 6.07) is 13.2. The third-order valence-electron chi connectivity index (χ3n) is 4.49. The molecule has 1 saturated heterocycles. The van der Waals surface area contributed by atoms with Crippen molar-refractivity contribution in [3.8, 4) is 6.07 Å². The lowest BCUT2D eigenvalue weighted by Gasteiger charge is -2.22. The van der Waals surface area contributed by atoms with E-state index in [1.807, 2.05) is 14.0 Å². The Hall–Kier alpha value is -1.37. The van der Waals surface area contributed by atoms with Crippen LogP contribution in [-0.4, -0.2) is 37.1 Å². The van der Waals surface area contributed by atoms with Crippen molar-refractivity contribution in [3.05, 3.63) is 35.9 Å². The van der Waals surface area contributed by atoms with Crippen LogP contribution in [0.2, 0.25) is 0 Å². The largest absolute Gasteiger partial charge is 0.303 e. The summed E-state index contributed by atoms with van der Waals surface area (Å²) in [4.78, 5) is 2.53. The zero-order chi connectivity index (χ0) is 14.4. The Kier molecular flexibility index (Phi) is 5.17. The average Bonchev–Trinajstić information content (AvgIpc) is 2.97. The van der Waals surface area contributed by atoms with Gasteiger partial charge in [0.2, 0.25) is 0 Å². The Morgan fingerprint density at radius 3 is 2.80 bits per heavy atom. The maximum absolute atomic E-state index is 9.14. The van der Waals surface area contributed by atoms with Gasteiger partial charge >= 0.3 is 0 Å². The second-order valence-corrected chi connectivity index (χ2v) is 5.99. The number of benzene rings is 1. The van der Waals surface area contributed by atoms with E-state index < -0.39 is 0 Å². The summed E-state index contributed by atoms with van der Waals surface area (Å²) < 4.78 is 0. The van der Waals surface area contributed by atoms with Crippen molar-refractivity contribution in [1.29, 1.82) is 5.26 Å². The summed E-state index contributed by atoms with van der Waals surface area (Å²) in [6.45, 7) is 5.42. The van der Waals surface area contributed by atoms with Gasteiger partial charge in [0.05, 0.1) is 6.07 Å². The van der Waals surface area contributed by atoms with Crippen molar-refractivity contribution in [1.82, 2.24) is 10.2 Å². The molecule has 1 N–H and O–H groups in total. The Bertz CT molecular complexity index is 451. The minimum absolute atomic E-state index is 0.376. The predicted molar refractivity (Wildman–Crippen MR) is 82.6 cm³/mol. The van der Waals surface area contributed by atoms with Gasteiger partial charge in [-0.25, -0.2) is 0 Å². The van der Waals surface area contributed by atoms with Crippen molar-refractivity contribution in [2.45, 2.75) is 37.6 Å². The standard InChI is InChI=1S/C17H25N3/c1-17(14-18,19-2)10-6-11-20-12-9-16(13-20)15-7-4-3-5-8-15/h3-5,7-8,16,19H,6,9-13H2,1-2H3. The van der Waals surface area contributed by atoms with E-state index in [4.69, 9.17) is 5.26 Å². The minimum atomic E-state index is -0.376. The molecule has 1 fully saturated rings. The maximum atomic E-state index is 9.14. The van der Waals surface area contributed by atoms with Gasteiger partial charge in [-0.05, 0) is 57.8 Å². The van der Waals surface area contributed by atoms with E-state index in [9.17, 15) is 0 Å². The van der Waals surface area contributed by atoms with E-state index in [0.29, 0.717) is 5.92 Å². The fourth-order valence-electron chi connectivity index (χ4n) is 2.93. The molecular formula is C17H25N3. The number of nitriles is 1. The molecule has 1 aromatic carbocycles. The summed E-state index contributed by atoms with van der Waals surface area (Å²) in [5.41, 5.74) is 1.09. The molecule has 0 amide bonds. The van der Waals surface area contributed by atoms with E-state index in [1.54, 1.807) is 0 Å². The van der Waals surface area contributed by atoms with Crippen LogP contribution in [0.3, 0.4) is 0 Å². The number of likely N-dealkylation sites (tertiary alicyclic amines) is 1. The molecule has 0 aliphatic carbocycles. The lowest BCUT2D eigenvalue weighted by atomic mass is 9.98. The predicted octanol–water partition coefficient (Wildman–Crippen LogP) is 2.76. The van der Waals surface area contributed by atoms with Gasteiger partial charge in [0.1, 0.15) is 5.54 Å². The normalized spacial score (nSPS) is 22.4. The lowest BCUT2D eigenvalue weighted by molar-refractivity contribution is 0.308. The van der Waals surface area contributed by atoms with Crippen LogP contribution in [-0.2, 0) is 0 Å². The summed E-state index contributed by atoms with van der Waals surface area (Å²) >= 11 is 0. The third-order valence-corrected chi connectivity index (χ3v) is 4.49. The summed E-state index contributed by atoms with van der Waals surface area (Å²) in [5.74, 6) is 0.683. The van der Waals surface area contributed by atoms with Crippen molar-refractivity contribution in [3.63, 3.8) is 0 Å². The second-order valence-electron chi connectivity index (χ2n) is 5.99. The fraction of sp³-hybridized carbons (Fsp3) is 0.588. The van der Waals surface area contributed by atoms with E-state index in [-0.39, 0.29) is 5.54 Å². The zero-order valence-electron chi connectivity index (χ0n) is 12.6. The molecule has 1 aromatic rings. The second kappa shape index (κ2) is 6.88. The highest BCUT2D eigenvalue weighted by molar-refractivity contribution is 5.21. The Labute approximate surface area is 122 Å². The van der Waals surface area contributed by atoms with Crippen molar-refractivity contribution >= 4 is 0 Å². The van der Waals surface area contributed by atoms with Crippen LogP contribution in [0.15, 0.2) is 30.3 Å². The van der Waals surface area contributed by atoms with E-state index in [0.717, 1.165) is 25.9 Å². The monoisotopic (exact) mass is 271 g/mol. The average molecular weight is 271 g/mol. The van der Waals surface area contributed by atoms with E-state index in [2.05, 4.69) is 46.6 Å². The summed E-state index contributed by atoms with van der Waals surface area (Å²) in [5, 5.41) is 12.3. The maximum Gasteiger partial charge on any atom is 0.103 e. The first-order chi connectivity index (χ1) is 9.67. The Morgan fingerprint density at radius 1 is 1.40 bits per heavy atom. The first-order valence-electron chi connectivity index (χ1n) is 7.54. The molecular weight excluding hydrogens is 246 g/mol. The molecule has 0 radical (unpaired) electrons. The van der Waals surface area contributed by atoms with Crippen LogP contribution >= 0.6 is 0 Å². The molecule has 3 nitrogen and oxygen atoms in total. The molecule has 0 bridgehead atoms. The van der Waals surface area contributed by atoms with Crippen LogP contribution in [0.4, 0.5) is 0 Å². The molecule has 2 rings (SSSR count). The van der Waals surface area contributed by atoms with Crippen LogP contribution < -0.4 is 5.32 Å². The summed E-state index contributed by atoms with van der Waals surface area (Å²) in [7, 11) is 1.87. The molecule has 108 valence electrons. The zero-order valence-corrected chi connectivity index (χ0v) is 12.6. The fourth-order valence-corrected chi connectivity index (χ4v) is 2.93.